The van der Waals surface area contributed by atoms with E-state index < -0.39 is 12.0 Å². The van der Waals surface area contributed by atoms with Gasteiger partial charge in [0.1, 0.15) is 6.04 Å². The molecule has 1 amide bonds. The van der Waals surface area contributed by atoms with E-state index in [2.05, 4.69) is 10.3 Å². The van der Waals surface area contributed by atoms with Crippen molar-refractivity contribution in [3.63, 3.8) is 0 Å². The molecule has 0 aliphatic carbocycles. The quantitative estimate of drug-likeness (QED) is 0.632. The van der Waals surface area contributed by atoms with Gasteiger partial charge in [0.05, 0.1) is 0 Å². The Morgan fingerprint density at radius 3 is 2.78 bits per heavy atom. The molecule has 6 nitrogen and oxygen atoms in total. The molecule has 0 saturated carbocycles. The predicted octanol–water partition coefficient (Wildman–Crippen LogP) is -0.0340. The van der Waals surface area contributed by atoms with Crippen molar-refractivity contribution in [1.29, 1.82) is 0 Å². The molecule has 0 aliphatic heterocycles. The molecule has 1 rings (SSSR count). The summed E-state index contributed by atoms with van der Waals surface area (Å²) in [5.41, 5.74) is 0.918. The van der Waals surface area contributed by atoms with Gasteiger partial charge in [-0.1, -0.05) is 6.07 Å². The van der Waals surface area contributed by atoms with Gasteiger partial charge < -0.3 is 15.5 Å². The number of amides is 1. The standard InChI is InChI=1S/C12H16N2O4/c15-7-5-10(12(17)18)14-11(16)4-3-9-2-1-6-13-8-9/h1-2,6,8,10,15H,3-5,7H2,(H,14,16)(H,17,18)/t10-/m0/s1. The molecule has 0 spiro atoms. The maximum atomic E-state index is 11.5. The third kappa shape index (κ3) is 4.92. The van der Waals surface area contributed by atoms with E-state index in [0.717, 1.165) is 5.56 Å². The van der Waals surface area contributed by atoms with E-state index in [4.69, 9.17) is 10.2 Å². The van der Waals surface area contributed by atoms with E-state index in [1.807, 2.05) is 6.07 Å². The lowest BCUT2D eigenvalue weighted by Gasteiger charge is -2.12. The Labute approximate surface area is 105 Å². The van der Waals surface area contributed by atoms with Crippen LogP contribution in [-0.2, 0) is 16.0 Å². The molecular formula is C12H16N2O4. The van der Waals surface area contributed by atoms with Gasteiger partial charge in [0.25, 0.3) is 0 Å². The molecule has 0 aromatic carbocycles. The van der Waals surface area contributed by atoms with Crippen LogP contribution in [-0.4, -0.2) is 39.7 Å². The number of aliphatic hydroxyl groups excluding tert-OH is 1. The number of nitrogens with zero attached hydrogens (tertiary/aromatic N) is 1. The van der Waals surface area contributed by atoms with Crippen molar-refractivity contribution >= 4 is 11.9 Å². The van der Waals surface area contributed by atoms with Crippen LogP contribution in [0.1, 0.15) is 18.4 Å². The van der Waals surface area contributed by atoms with Gasteiger partial charge in [0, 0.05) is 31.8 Å². The van der Waals surface area contributed by atoms with Crippen molar-refractivity contribution in [3.8, 4) is 0 Å². The van der Waals surface area contributed by atoms with Gasteiger partial charge in [0.2, 0.25) is 5.91 Å². The smallest absolute Gasteiger partial charge is 0.326 e. The average Bonchev–Trinajstić information content (AvgIpc) is 2.37. The Morgan fingerprint density at radius 1 is 1.44 bits per heavy atom. The van der Waals surface area contributed by atoms with Gasteiger partial charge >= 0.3 is 5.97 Å². The number of hydrogen-bond acceptors (Lipinski definition) is 4. The number of hydrogen-bond donors (Lipinski definition) is 3. The van der Waals surface area contributed by atoms with E-state index in [1.54, 1.807) is 18.5 Å². The van der Waals surface area contributed by atoms with Crippen molar-refractivity contribution in [2.24, 2.45) is 0 Å². The summed E-state index contributed by atoms with van der Waals surface area (Å²) in [6.45, 7) is -0.278. The first-order valence-electron chi connectivity index (χ1n) is 5.65. The molecule has 6 heteroatoms. The van der Waals surface area contributed by atoms with E-state index >= 15 is 0 Å². The molecule has 0 unspecified atom stereocenters. The number of carboxylic acid groups (broad SMARTS) is 1. The van der Waals surface area contributed by atoms with Gasteiger partial charge in [-0.05, 0) is 18.1 Å². The lowest BCUT2D eigenvalue weighted by molar-refractivity contribution is -0.142. The lowest BCUT2D eigenvalue weighted by Crippen LogP contribution is -2.41. The van der Waals surface area contributed by atoms with E-state index in [1.165, 1.54) is 0 Å². The Hall–Kier alpha value is -1.95. The SMILES string of the molecule is O=C(CCc1cccnc1)N[C@@H](CCO)C(=O)O. The first-order valence-corrected chi connectivity index (χ1v) is 5.65. The molecule has 1 aromatic rings. The van der Waals surface area contributed by atoms with Crippen LogP contribution in [0.15, 0.2) is 24.5 Å². The van der Waals surface area contributed by atoms with E-state index in [-0.39, 0.29) is 25.4 Å². The number of aryl methyl sites for hydroxylation is 1. The van der Waals surface area contributed by atoms with Gasteiger partial charge in [-0.25, -0.2) is 4.79 Å². The molecule has 0 fully saturated rings. The molecule has 1 aromatic heterocycles. The van der Waals surface area contributed by atoms with Gasteiger partial charge in [-0.3, -0.25) is 9.78 Å². The molecule has 3 N–H and O–H groups in total. The summed E-state index contributed by atoms with van der Waals surface area (Å²) < 4.78 is 0. The van der Waals surface area contributed by atoms with Crippen LogP contribution < -0.4 is 5.32 Å². The normalized spacial score (nSPS) is 11.8. The minimum atomic E-state index is -1.14. The van der Waals surface area contributed by atoms with Crippen LogP contribution >= 0.6 is 0 Å². The first kappa shape index (κ1) is 14.1. The second kappa shape index (κ2) is 7.39. The highest BCUT2D eigenvalue weighted by atomic mass is 16.4. The fraction of sp³-hybridized carbons (Fsp3) is 0.417. The van der Waals surface area contributed by atoms with Crippen molar-refractivity contribution in [2.45, 2.75) is 25.3 Å². The van der Waals surface area contributed by atoms with Crippen LogP contribution in [0.25, 0.3) is 0 Å². The maximum Gasteiger partial charge on any atom is 0.326 e. The zero-order valence-electron chi connectivity index (χ0n) is 9.87. The van der Waals surface area contributed by atoms with Gasteiger partial charge in [-0.15, -0.1) is 0 Å². The van der Waals surface area contributed by atoms with Crippen LogP contribution in [0.3, 0.4) is 0 Å². The number of nitrogens with one attached hydrogen (secondary N) is 1. The molecule has 98 valence electrons. The molecule has 0 saturated heterocycles. The van der Waals surface area contributed by atoms with E-state index in [0.29, 0.717) is 6.42 Å². The summed E-state index contributed by atoms with van der Waals surface area (Å²) in [7, 11) is 0. The summed E-state index contributed by atoms with van der Waals surface area (Å²) in [6, 6.07) is 2.60. The highest BCUT2D eigenvalue weighted by Crippen LogP contribution is 2.01. The van der Waals surface area contributed by atoms with Crippen LogP contribution in [0.5, 0.6) is 0 Å². The summed E-state index contributed by atoms with van der Waals surface area (Å²) in [5.74, 6) is -1.49. The van der Waals surface area contributed by atoms with Crippen molar-refractivity contribution in [1.82, 2.24) is 10.3 Å². The first-order chi connectivity index (χ1) is 8.63. The third-order valence-electron chi connectivity index (χ3n) is 2.41. The molecular weight excluding hydrogens is 236 g/mol. The second-order valence-electron chi connectivity index (χ2n) is 3.83. The van der Waals surface area contributed by atoms with Crippen molar-refractivity contribution in [3.05, 3.63) is 30.1 Å². The van der Waals surface area contributed by atoms with Crippen LogP contribution in [0.4, 0.5) is 0 Å². The third-order valence-corrected chi connectivity index (χ3v) is 2.41. The predicted molar refractivity (Wildman–Crippen MR) is 63.8 cm³/mol. The minimum absolute atomic E-state index is 0.00790. The lowest BCUT2D eigenvalue weighted by atomic mass is 10.1. The summed E-state index contributed by atoms with van der Waals surface area (Å²) in [5, 5.41) is 19.9. The Bertz CT molecular complexity index is 394. The number of aromatic nitrogens is 1. The van der Waals surface area contributed by atoms with Crippen molar-refractivity contribution in [2.75, 3.05) is 6.61 Å². The molecule has 1 heterocycles. The van der Waals surface area contributed by atoms with E-state index in [9.17, 15) is 9.59 Å². The highest BCUT2D eigenvalue weighted by molar-refractivity contribution is 5.83. The zero-order valence-corrected chi connectivity index (χ0v) is 9.87. The molecule has 0 aliphatic rings. The molecule has 1 atom stereocenters. The molecule has 0 bridgehead atoms. The Kier molecular flexibility index (Phi) is 5.79. The van der Waals surface area contributed by atoms with Crippen molar-refractivity contribution < 1.29 is 19.8 Å². The number of carbonyl (C=O) groups is 2. The van der Waals surface area contributed by atoms with Gasteiger partial charge in [0.15, 0.2) is 0 Å². The highest BCUT2D eigenvalue weighted by Gasteiger charge is 2.18. The van der Waals surface area contributed by atoms with Crippen LogP contribution in [0.2, 0.25) is 0 Å². The second-order valence-corrected chi connectivity index (χ2v) is 3.83. The summed E-state index contributed by atoms with van der Waals surface area (Å²) >= 11 is 0. The topological polar surface area (TPSA) is 99.5 Å². The fourth-order valence-corrected chi connectivity index (χ4v) is 1.46. The summed E-state index contributed by atoms with van der Waals surface area (Å²) in [4.78, 5) is 26.2. The Morgan fingerprint density at radius 2 is 2.22 bits per heavy atom. The van der Waals surface area contributed by atoms with Gasteiger partial charge in [-0.2, -0.15) is 0 Å². The number of aliphatic hydroxyl groups is 1. The molecule has 0 radical (unpaired) electrons. The monoisotopic (exact) mass is 252 g/mol. The average molecular weight is 252 g/mol. The number of aliphatic carboxylic acids is 1. The number of rotatable bonds is 7. The number of pyridine rings is 1. The molecule has 18 heavy (non-hydrogen) atoms. The number of carbonyl (C=O) groups excluding carboxylic acids is 1. The minimum Gasteiger partial charge on any atom is -0.480 e. The zero-order chi connectivity index (χ0) is 13.4. The maximum absolute atomic E-state index is 11.5. The fourth-order valence-electron chi connectivity index (χ4n) is 1.46. The summed E-state index contributed by atoms with van der Waals surface area (Å²) in [6.07, 6.45) is 4.01. The Balaban J connectivity index is 2.39. The van der Waals surface area contributed by atoms with Crippen LogP contribution in [0, 0.1) is 0 Å². The number of carboxylic acids is 1. The largest absolute Gasteiger partial charge is 0.480 e.